The van der Waals surface area contributed by atoms with Crippen molar-refractivity contribution in [1.82, 2.24) is 4.31 Å². The van der Waals surface area contributed by atoms with Gasteiger partial charge in [0.1, 0.15) is 0 Å². The fourth-order valence-electron chi connectivity index (χ4n) is 3.49. The lowest BCUT2D eigenvalue weighted by atomic mass is 9.96. The molecule has 0 aromatic heterocycles. The Morgan fingerprint density at radius 1 is 0.839 bits per heavy atom. The van der Waals surface area contributed by atoms with E-state index in [2.05, 4.69) is 5.32 Å². The molecule has 1 N–H and O–H groups in total. The molecule has 1 aliphatic heterocycles. The van der Waals surface area contributed by atoms with Gasteiger partial charge in [-0.25, -0.2) is 8.42 Å². The van der Waals surface area contributed by atoms with Gasteiger partial charge in [0.25, 0.3) is 0 Å². The Hall–Kier alpha value is -3.62. The number of para-hydroxylation sites is 1. The molecule has 0 fully saturated rings. The lowest BCUT2D eigenvalue weighted by Gasteiger charge is -2.33. The molecule has 0 bridgehead atoms. The lowest BCUT2D eigenvalue weighted by molar-refractivity contribution is -0.116. The number of carbonyl (C=O) groups excluding carboxylic acids is 3. The first-order valence-corrected chi connectivity index (χ1v) is 10.9. The average molecular weight is 434 g/mol. The van der Waals surface area contributed by atoms with Crippen LogP contribution in [0.5, 0.6) is 0 Å². The summed E-state index contributed by atoms with van der Waals surface area (Å²) in [5, 5.41) is 2.60. The number of fused-ring (bicyclic) bond motifs is 1. The molecular formula is C23H18N2O5S. The van der Waals surface area contributed by atoms with E-state index in [0.717, 1.165) is 0 Å². The number of benzene rings is 3. The van der Waals surface area contributed by atoms with E-state index in [1.165, 1.54) is 36.4 Å². The highest BCUT2D eigenvalue weighted by Crippen LogP contribution is 2.31. The maximum atomic E-state index is 13.3. The van der Waals surface area contributed by atoms with Gasteiger partial charge >= 0.3 is 0 Å². The van der Waals surface area contributed by atoms with Crippen LogP contribution < -0.4 is 5.32 Å². The number of amides is 1. The smallest absolute Gasteiger partial charge is 0.245 e. The highest BCUT2D eigenvalue weighted by atomic mass is 32.2. The molecule has 0 saturated carbocycles. The van der Waals surface area contributed by atoms with Gasteiger partial charge in [0, 0.05) is 16.8 Å². The quantitative estimate of drug-likeness (QED) is 0.492. The van der Waals surface area contributed by atoms with E-state index in [0.29, 0.717) is 9.99 Å². The second-order valence-corrected chi connectivity index (χ2v) is 8.82. The molecule has 8 heteroatoms. The molecule has 1 atom stereocenters. The van der Waals surface area contributed by atoms with Gasteiger partial charge < -0.3 is 5.32 Å². The van der Waals surface area contributed by atoms with Crippen LogP contribution >= 0.6 is 0 Å². The summed E-state index contributed by atoms with van der Waals surface area (Å²) in [5.41, 5.74) is 0.597. The summed E-state index contributed by atoms with van der Waals surface area (Å²) in [5.74, 6) is -2.00. The topological polar surface area (TPSA) is 101 Å². The maximum Gasteiger partial charge on any atom is 0.245 e. The Morgan fingerprint density at radius 3 is 2.10 bits per heavy atom. The summed E-state index contributed by atoms with van der Waals surface area (Å²) in [4.78, 5) is 38.8. The van der Waals surface area contributed by atoms with Crippen molar-refractivity contribution in [2.24, 2.45) is 0 Å². The second kappa shape index (κ2) is 8.25. The Kier molecular flexibility index (Phi) is 5.50. The van der Waals surface area contributed by atoms with E-state index in [-0.39, 0.29) is 16.0 Å². The molecule has 1 unspecified atom stereocenters. The van der Waals surface area contributed by atoms with E-state index in [1.807, 2.05) is 0 Å². The molecule has 7 nitrogen and oxygen atoms in total. The summed E-state index contributed by atoms with van der Waals surface area (Å²) in [6.45, 7) is -0.680. The molecular weight excluding hydrogens is 416 g/mol. The molecule has 1 heterocycles. The SMILES string of the molecule is O=C(CN1C(C(=O)c2ccccc2)C(=O)c2ccccc2S1(=O)=O)Nc1ccccc1. The van der Waals surface area contributed by atoms with Gasteiger partial charge in [-0.3, -0.25) is 14.4 Å². The molecule has 31 heavy (non-hydrogen) atoms. The molecule has 0 radical (unpaired) electrons. The minimum absolute atomic E-state index is 0.0588. The summed E-state index contributed by atoms with van der Waals surface area (Å²) in [6.07, 6.45) is 0. The Balaban J connectivity index is 1.75. The van der Waals surface area contributed by atoms with Gasteiger partial charge in [0.2, 0.25) is 15.9 Å². The van der Waals surface area contributed by atoms with Gasteiger partial charge in [-0.05, 0) is 24.3 Å². The molecule has 3 aromatic rings. The molecule has 0 saturated heterocycles. The first kappa shape index (κ1) is 20.6. The molecule has 156 valence electrons. The van der Waals surface area contributed by atoms with Crippen LogP contribution in [-0.2, 0) is 14.8 Å². The fourth-order valence-corrected chi connectivity index (χ4v) is 5.19. The summed E-state index contributed by atoms with van der Waals surface area (Å²) in [6, 6.07) is 20.5. The fraction of sp³-hybridized carbons (Fsp3) is 0.0870. The molecule has 4 rings (SSSR count). The largest absolute Gasteiger partial charge is 0.325 e. The Labute approximate surface area is 179 Å². The molecule has 0 spiro atoms. The van der Waals surface area contributed by atoms with Gasteiger partial charge in [-0.1, -0.05) is 60.7 Å². The van der Waals surface area contributed by atoms with E-state index in [1.54, 1.807) is 48.5 Å². The monoisotopic (exact) mass is 434 g/mol. The van der Waals surface area contributed by atoms with Crippen molar-refractivity contribution < 1.29 is 22.8 Å². The lowest BCUT2D eigenvalue weighted by Crippen LogP contribution is -2.55. The third-order valence-electron chi connectivity index (χ3n) is 4.94. The number of rotatable bonds is 5. The second-order valence-electron chi connectivity index (χ2n) is 6.96. The number of sulfonamides is 1. The highest BCUT2D eigenvalue weighted by Gasteiger charge is 2.48. The van der Waals surface area contributed by atoms with E-state index >= 15 is 0 Å². The van der Waals surface area contributed by atoms with Crippen LogP contribution in [0.4, 0.5) is 5.69 Å². The van der Waals surface area contributed by atoms with Crippen LogP contribution in [0.2, 0.25) is 0 Å². The number of hydrogen-bond donors (Lipinski definition) is 1. The molecule has 3 aromatic carbocycles. The van der Waals surface area contributed by atoms with Gasteiger partial charge in [-0.15, -0.1) is 0 Å². The van der Waals surface area contributed by atoms with Crippen LogP contribution in [-0.4, -0.2) is 42.8 Å². The average Bonchev–Trinajstić information content (AvgIpc) is 2.79. The number of nitrogens with zero attached hydrogens (tertiary/aromatic N) is 1. The predicted molar refractivity (Wildman–Crippen MR) is 114 cm³/mol. The minimum atomic E-state index is -4.27. The summed E-state index contributed by atoms with van der Waals surface area (Å²) in [7, 11) is -4.27. The summed E-state index contributed by atoms with van der Waals surface area (Å²) >= 11 is 0. The van der Waals surface area contributed by atoms with E-state index in [4.69, 9.17) is 0 Å². The Bertz CT molecular complexity index is 1260. The zero-order valence-electron chi connectivity index (χ0n) is 16.3. The van der Waals surface area contributed by atoms with Crippen LogP contribution in [0, 0.1) is 0 Å². The van der Waals surface area contributed by atoms with Crippen LogP contribution in [0.3, 0.4) is 0 Å². The normalized spacial score (nSPS) is 17.5. The van der Waals surface area contributed by atoms with Crippen LogP contribution in [0.1, 0.15) is 20.7 Å². The maximum absolute atomic E-state index is 13.3. The van der Waals surface area contributed by atoms with Gasteiger partial charge in [0.15, 0.2) is 17.6 Å². The summed E-state index contributed by atoms with van der Waals surface area (Å²) < 4.78 is 27.3. The van der Waals surface area contributed by atoms with Crippen LogP contribution in [0.25, 0.3) is 0 Å². The van der Waals surface area contributed by atoms with E-state index < -0.39 is 40.1 Å². The van der Waals surface area contributed by atoms with Crippen molar-refractivity contribution in [2.75, 3.05) is 11.9 Å². The highest BCUT2D eigenvalue weighted by molar-refractivity contribution is 7.89. The number of ketones is 2. The molecule has 1 aliphatic rings. The van der Waals surface area contributed by atoms with Crippen molar-refractivity contribution in [2.45, 2.75) is 10.9 Å². The first-order chi connectivity index (χ1) is 14.9. The number of anilines is 1. The van der Waals surface area contributed by atoms with Gasteiger partial charge in [-0.2, -0.15) is 4.31 Å². The molecule has 0 aliphatic carbocycles. The van der Waals surface area contributed by atoms with Gasteiger partial charge in [0.05, 0.1) is 11.4 Å². The standard InChI is InChI=1S/C23H18N2O5S/c26-20(24-17-11-5-2-6-12-17)15-25-21(22(27)16-9-3-1-4-10-16)23(28)18-13-7-8-14-19(18)31(25,29)30/h1-14,21H,15H2,(H,24,26). The van der Waals surface area contributed by atoms with Crippen molar-refractivity contribution in [3.63, 3.8) is 0 Å². The number of Topliss-reactive ketones (excluding diaryl/α,β-unsaturated/α-hetero) is 2. The van der Waals surface area contributed by atoms with Crippen molar-refractivity contribution in [1.29, 1.82) is 0 Å². The van der Waals surface area contributed by atoms with Crippen LogP contribution in [0.15, 0.2) is 89.8 Å². The number of nitrogens with one attached hydrogen (secondary N) is 1. The zero-order valence-corrected chi connectivity index (χ0v) is 17.1. The zero-order chi connectivity index (χ0) is 22.0. The van der Waals surface area contributed by atoms with Crippen molar-refractivity contribution in [3.05, 3.63) is 96.1 Å². The third-order valence-corrected chi connectivity index (χ3v) is 6.81. The van der Waals surface area contributed by atoms with E-state index in [9.17, 15) is 22.8 Å². The Morgan fingerprint density at radius 2 is 1.42 bits per heavy atom. The molecule has 1 amide bonds. The van der Waals surface area contributed by atoms with Crippen molar-refractivity contribution in [3.8, 4) is 0 Å². The number of hydrogen-bond acceptors (Lipinski definition) is 5. The van der Waals surface area contributed by atoms with Crippen molar-refractivity contribution >= 4 is 33.2 Å². The third kappa shape index (κ3) is 3.90. The predicted octanol–water partition coefficient (Wildman–Crippen LogP) is 2.76. The number of carbonyl (C=O) groups is 3. The first-order valence-electron chi connectivity index (χ1n) is 9.49. The minimum Gasteiger partial charge on any atom is -0.325 e.